The molecule has 0 spiro atoms. The van der Waals surface area contributed by atoms with E-state index in [1.54, 1.807) is 24.7 Å². The number of benzene rings is 1. The van der Waals surface area contributed by atoms with Gasteiger partial charge in [0.1, 0.15) is 28.4 Å². The van der Waals surface area contributed by atoms with Gasteiger partial charge >= 0.3 is 0 Å². The number of pyridine rings is 3. The summed E-state index contributed by atoms with van der Waals surface area (Å²) in [6, 6.07) is 13.2. The zero-order valence-electron chi connectivity index (χ0n) is 20.5. The zero-order valence-corrected chi connectivity index (χ0v) is 20.5. The number of aromatic amines is 2. The Morgan fingerprint density at radius 1 is 1.05 bits per heavy atom. The third kappa shape index (κ3) is 4.21. The first kappa shape index (κ1) is 23.3. The number of hydrogen-bond acceptors (Lipinski definition) is 6. The van der Waals surface area contributed by atoms with Crippen molar-refractivity contribution in [3.05, 3.63) is 72.9 Å². The molecule has 6 aromatic rings. The second-order valence-electron chi connectivity index (χ2n) is 9.27. The Balaban J connectivity index is 1.42. The molecular weight excluding hydrogens is 485 g/mol. The molecular formula is C28H22FN7O2. The first-order valence-electron chi connectivity index (χ1n) is 11.9. The number of rotatable bonds is 5. The van der Waals surface area contributed by atoms with E-state index in [1.807, 2.05) is 38.1 Å². The fourth-order valence-corrected chi connectivity index (χ4v) is 4.32. The lowest BCUT2D eigenvalue weighted by Crippen LogP contribution is -2.17. The van der Waals surface area contributed by atoms with Gasteiger partial charge in [0.15, 0.2) is 0 Å². The van der Waals surface area contributed by atoms with Gasteiger partial charge in [-0.15, -0.1) is 0 Å². The minimum Gasteiger partial charge on any atom is -0.508 e. The number of carbonyl (C=O) groups is 1. The molecule has 38 heavy (non-hydrogen) atoms. The van der Waals surface area contributed by atoms with Crippen LogP contribution in [-0.2, 0) is 4.79 Å². The smallest absolute Gasteiger partial charge is 0.226 e. The summed E-state index contributed by atoms with van der Waals surface area (Å²) in [5.41, 5.74) is 6.47. The first-order chi connectivity index (χ1) is 18.4. The van der Waals surface area contributed by atoms with Crippen LogP contribution in [0.2, 0.25) is 0 Å². The number of halogens is 1. The summed E-state index contributed by atoms with van der Waals surface area (Å²) in [6.45, 7) is 3.65. The number of anilines is 1. The van der Waals surface area contributed by atoms with Crippen LogP contribution in [0.5, 0.6) is 5.75 Å². The molecule has 9 nitrogen and oxygen atoms in total. The summed E-state index contributed by atoms with van der Waals surface area (Å²) in [5.74, 6) is -0.930. The van der Waals surface area contributed by atoms with Gasteiger partial charge in [0.25, 0.3) is 0 Å². The highest BCUT2D eigenvalue weighted by atomic mass is 19.1. The SMILES string of the molecule is CC(C)C(=O)Nc1cncc(-c2ccc3[nH]nc(-c4cc5c(-c6cc(O)cc(F)c6)ccnc5[nH]4)c3n2)c1. The van der Waals surface area contributed by atoms with E-state index >= 15 is 0 Å². The summed E-state index contributed by atoms with van der Waals surface area (Å²) in [6.07, 6.45) is 4.91. The highest BCUT2D eigenvalue weighted by Gasteiger charge is 2.17. The summed E-state index contributed by atoms with van der Waals surface area (Å²) in [7, 11) is 0. The van der Waals surface area contributed by atoms with Crippen LogP contribution in [0.3, 0.4) is 0 Å². The minimum atomic E-state index is -0.530. The molecule has 5 heterocycles. The Hall–Kier alpha value is -5.12. The molecule has 0 bridgehead atoms. The van der Waals surface area contributed by atoms with Crippen LogP contribution in [0.25, 0.3) is 55.8 Å². The second-order valence-corrected chi connectivity index (χ2v) is 9.27. The van der Waals surface area contributed by atoms with Gasteiger partial charge in [-0.1, -0.05) is 13.8 Å². The largest absolute Gasteiger partial charge is 0.508 e. The Morgan fingerprint density at radius 2 is 1.92 bits per heavy atom. The third-order valence-corrected chi connectivity index (χ3v) is 6.21. The molecule has 1 aromatic carbocycles. The average molecular weight is 508 g/mol. The molecule has 0 saturated carbocycles. The summed E-state index contributed by atoms with van der Waals surface area (Å²) in [5, 5.41) is 21.0. The Morgan fingerprint density at radius 3 is 2.74 bits per heavy atom. The molecule has 0 atom stereocenters. The number of nitrogens with one attached hydrogen (secondary N) is 3. The van der Waals surface area contributed by atoms with Crippen molar-refractivity contribution in [1.29, 1.82) is 0 Å². The molecule has 4 N–H and O–H groups in total. The first-order valence-corrected chi connectivity index (χ1v) is 11.9. The van der Waals surface area contributed by atoms with Crippen molar-refractivity contribution in [2.24, 2.45) is 5.92 Å². The number of fused-ring (bicyclic) bond motifs is 2. The number of amides is 1. The van der Waals surface area contributed by atoms with E-state index in [1.165, 1.54) is 12.1 Å². The summed E-state index contributed by atoms with van der Waals surface area (Å²) < 4.78 is 14.0. The monoisotopic (exact) mass is 507 g/mol. The van der Waals surface area contributed by atoms with Gasteiger partial charge in [-0.05, 0) is 53.6 Å². The van der Waals surface area contributed by atoms with E-state index in [9.17, 15) is 14.3 Å². The van der Waals surface area contributed by atoms with Crippen LogP contribution in [0, 0.1) is 11.7 Å². The Bertz CT molecular complexity index is 1820. The van der Waals surface area contributed by atoms with Crippen molar-refractivity contribution in [2.75, 3.05) is 5.32 Å². The molecule has 0 aliphatic rings. The highest BCUT2D eigenvalue weighted by molar-refractivity contribution is 5.99. The molecule has 0 fully saturated rings. The van der Waals surface area contributed by atoms with Crippen molar-refractivity contribution in [3.8, 4) is 39.5 Å². The number of hydrogen-bond donors (Lipinski definition) is 4. The Labute approximate surface area is 215 Å². The second kappa shape index (κ2) is 9.07. The van der Waals surface area contributed by atoms with Gasteiger partial charge in [-0.25, -0.2) is 14.4 Å². The quantitative estimate of drug-likeness (QED) is 0.238. The number of aromatic hydroxyl groups is 1. The lowest BCUT2D eigenvalue weighted by molar-refractivity contribution is -0.118. The summed E-state index contributed by atoms with van der Waals surface area (Å²) >= 11 is 0. The topological polar surface area (TPSA) is 132 Å². The number of phenols is 1. The molecule has 6 rings (SSSR count). The molecule has 0 aliphatic carbocycles. The molecule has 5 aromatic heterocycles. The fraction of sp³-hybridized carbons (Fsp3) is 0.107. The molecule has 0 aliphatic heterocycles. The van der Waals surface area contributed by atoms with Crippen LogP contribution in [0.4, 0.5) is 10.1 Å². The predicted molar refractivity (Wildman–Crippen MR) is 143 cm³/mol. The van der Waals surface area contributed by atoms with Crippen molar-refractivity contribution < 1.29 is 14.3 Å². The minimum absolute atomic E-state index is 0.0928. The van der Waals surface area contributed by atoms with Gasteiger partial charge in [-0.3, -0.25) is 14.9 Å². The highest BCUT2D eigenvalue weighted by Crippen LogP contribution is 2.34. The Kier molecular flexibility index (Phi) is 5.56. The average Bonchev–Trinajstić information content (AvgIpc) is 3.51. The molecule has 0 saturated heterocycles. The van der Waals surface area contributed by atoms with E-state index in [2.05, 4.69) is 30.5 Å². The van der Waals surface area contributed by atoms with E-state index in [-0.39, 0.29) is 17.6 Å². The maximum Gasteiger partial charge on any atom is 0.226 e. The normalized spacial score (nSPS) is 11.5. The number of phenolic OH excluding ortho intramolecular Hbond substituents is 1. The van der Waals surface area contributed by atoms with Gasteiger partial charge in [0, 0.05) is 35.3 Å². The van der Waals surface area contributed by atoms with Crippen LogP contribution >= 0.6 is 0 Å². The molecule has 1 amide bonds. The van der Waals surface area contributed by atoms with Crippen LogP contribution in [-0.4, -0.2) is 41.1 Å². The zero-order chi connectivity index (χ0) is 26.4. The lowest BCUT2D eigenvalue weighted by atomic mass is 10.0. The van der Waals surface area contributed by atoms with Gasteiger partial charge < -0.3 is 15.4 Å². The molecule has 10 heteroatoms. The summed E-state index contributed by atoms with van der Waals surface area (Å²) in [4.78, 5) is 28.9. The standard InChI is InChI=1S/C28H22FN7O2/c1-14(2)28(38)32-18-8-16(12-30-13-18)22-3-4-23-25(33-22)26(36-35-23)24-11-21-20(5-6-31-27(21)34-24)15-7-17(29)10-19(37)9-15/h3-14,37H,1-2H3,(H,31,34)(H,32,38)(H,35,36). The number of H-pyrrole nitrogens is 2. The molecule has 0 unspecified atom stereocenters. The number of aromatic nitrogens is 6. The van der Waals surface area contributed by atoms with Gasteiger partial charge in [-0.2, -0.15) is 5.10 Å². The number of nitrogens with zero attached hydrogens (tertiary/aromatic N) is 4. The number of carbonyl (C=O) groups excluding carboxylic acids is 1. The van der Waals surface area contributed by atoms with Crippen molar-refractivity contribution in [2.45, 2.75) is 13.8 Å². The fourth-order valence-electron chi connectivity index (χ4n) is 4.32. The maximum atomic E-state index is 14.0. The van der Waals surface area contributed by atoms with Gasteiger partial charge in [0.05, 0.1) is 28.8 Å². The van der Waals surface area contributed by atoms with E-state index < -0.39 is 5.82 Å². The van der Waals surface area contributed by atoms with Gasteiger partial charge in [0.2, 0.25) is 5.91 Å². The van der Waals surface area contributed by atoms with E-state index in [4.69, 9.17) is 4.98 Å². The van der Waals surface area contributed by atoms with E-state index in [0.29, 0.717) is 45.1 Å². The van der Waals surface area contributed by atoms with Crippen molar-refractivity contribution in [3.63, 3.8) is 0 Å². The lowest BCUT2D eigenvalue weighted by Gasteiger charge is -2.08. The predicted octanol–water partition coefficient (Wildman–Crippen LogP) is 5.67. The van der Waals surface area contributed by atoms with Crippen LogP contribution in [0.1, 0.15) is 13.8 Å². The van der Waals surface area contributed by atoms with Crippen molar-refractivity contribution in [1.82, 2.24) is 30.1 Å². The molecule has 188 valence electrons. The molecule has 0 radical (unpaired) electrons. The van der Waals surface area contributed by atoms with Crippen LogP contribution < -0.4 is 5.32 Å². The maximum absolute atomic E-state index is 14.0. The third-order valence-electron chi connectivity index (χ3n) is 6.21. The van der Waals surface area contributed by atoms with Crippen LogP contribution in [0.15, 0.2) is 67.1 Å². The van der Waals surface area contributed by atoms with E-state index in [0.717, 1.165) is 22.5 Å². The van der Waals surface area contributed by atoms with Crippen molar-refractivity contribution >= 4 is 33.7 Å².